The maximum absolute atomic E-state index is 4.70. The molecule has 19 heavy (non-hydrogen) atoms. The number of aryl methyl sites for hydroxylation is 1. The third-order valence-electron chi connectivity index (χ3n) is 3.54. The molecule has 4 nitrogen and oxygen atoms in total. The Bertz CT molecular complexity index is 739. The van der Waals surface area contributed by atoms with E-state index in [2.05, 4.69) is 28.2 Å². The van der Waals surface area contributed by atoms with Crippen molar-refractivity contribution in [2.75, 3.05) is 18.0 Å². The lowest BCUT2D eigenvalue weighted by Gasteiger charge is -2.30. The lowest BCUT2D eigenvalue weighted by molar-refractivity contribution is 0.616. The number of rotatable bonds is 2. The van der Waals surface area contributed by atoms with Gasteiger partial charge in [0.25, 0.3) is 0 Å². The van der Waals surface area contributed by atoms with Crippen molar-refractivity contribution in [3.63, 3.8) is 0 Å². The number of nitrogens with zero attached hydrogens (tertiary/aromatic N) is 4. The van der Waals surface area contributed by atoms with Crippen molar-refractivity contribution in [3.8, 4) is 11.1 Å². The van der Waals surface area contributed by atoms with Gasteiger partial charge in [0.15, 0.2) is 5.13 Å². The fraction of sp³-hybridized carbons (Fsp3) is 0.286. The van der Waals surface area contributed by atoms with E-state index in [1.807, 2.05) is 24.1 Å². The SMILES string of the molecule is Cn1cc(-c2ccc3nc(N4CCC4)sc3c2)cn1. The van der Waals surface area contributed by atoms with E-state index in [4.69, 9.17) is 4.98 Å². The average Bonchev–Trinajstić information content (AvgIpc) is 2.91. The highest BCUT2D eigenvalue weighted by Crippen LogP contribution is 2.33. The minimum Gasteiger partial charge on any atom is -0.348 e. The third-order valence-corrected chi connectivity index (χ3v) is 4.62. The molecule has 3 heterocycles. The number of benzene rings is 1. The van der Waals surface area contributed by atoms with E-state index in [1.165, 1.54) is 16.7 Å². The molecule has 1 saturated heterocycles. The van der Waals surface area contributed by atoms with Crippen LogP contribution in [0, 0.1) is 0 Å². The zero-order valence-electron chi connectivity index (χ0n) is 10.7. The molecule has 3 aromatic rings. The molecule has 4 rings (SSSR count). The molecule has 1 aliphatic heterocycles. The molecule has 0 aliphatic carbocycles. The molecule has 1 aliphatic rings. The summed E-state index contributed by atoms with van der Waals surface area (Å²) in [4.78, 5) is 7.04. The molecule has 5 heteroatoms. The Kier molecular flexibility index (Phi) is 2.35. The van der Waals surface area contributed by atoms with Crippen LogP contribution in [0.3, 0.4) is 0 Å². The lowest BCUT2D eigenvalue weighted by atomic mass is 10.1. The predicted octanol–water partition coefficient (Wildman–Crippen LogP) is 2.91. The van der Waals surface area contributed by atoms with Crippen LogP contribution in [0.5, 0.6) is 0 Å². The Morgan fingerprint density at radius 2 is 2.11 bits per heavy atom. The number of anilines is 1. The molecule has 0 spiro atoms. The average molecular weight is 270 g/mol. The summed E-state index contributed by atoms with van der Waals surface area (Å²) in [6.07, 6.45) is 5.23. The Morgan fingerprint density at radius 1 is 1.21 bits per heavy atom. The van der Waals surface area contributed by atoms with Crippen LogP contribution in [0.25, 0.3) is 21.3 Å². The largest absolute Gasteiger partial charge is 0.348 e. The fourth-order valence-corrected chi connectivity index (χ4v) is 3.36. The van der Waals surface area contributed by atoms with Crippen molar-refractivity contribution < 1.29 is 0 Å². The summed E-state index contributed by atoms with van der Waals surface area (Å²) in [5, 5.41) is 5.38. The van der Waals surface area contributed by atoms with Crippen molar-refractivity contribution in [3.05, 3.63) is 30.6 Å². The minimum absolute atomic E-state index is 1.10. The summed E-state index contributed by atoms with van der Waals surface area (Å²) in [6, 6.07) is 6.45. The van der Waals surface area contributed by atoms with Crippen LogP contribution >= 0.6 is 11.3 Å². The first-order valence-corrected chi connectivity index (χ1v) is 7.26. The van der Waals surface area contributed by atoms with Gasteiger partial charge in [-0.15, -0.1) is 0 Å². The Morgan fingerprint density at radius 3 is 2.79 bits per heavy atom. The van der Waals surface area contributed by atoms with Crippen LogP contribution < -0.4 is 4.90 Å². The molecule has 0 saturated carbocycles. The topological polar surface area (TPSA) is 34.0 Å². The van der Waals surface area contributed by atoms with Gasteiger partial charge in [-0.1, -0.05) is 17.4 Å². The summed E-state index contributed by atoms with van der Waals surface area (Å²) >= 11 is 1.78. The minimum atomic E-state index is 1.10. The zero-order valence-corrected chi connectivity index (χ0v) is 11.5. The molecule has 0 radical (unpaired) electrons. The normalized spacial score (nSPS) is 14.9. The van der Waals surface area contributed by atoms with E-state index < -0.39 is 0 Å². The molecular weight excluding hydrogens is 256 g/mol. The molecule has 2 aromatic heterocycles. The van der Waals surface area contributed by atoms with E-state index in [0.717, 1.165) is 29.3 Å². The fourth-order valence-electron chi connectivity index (χ4n) is 2.31. The molecule has 0 amide bonds. The number of hydrogen-bond donors (Lipinski definition) is 0. The Labute approximate surface area is 115 Å². The van der Waals surface area contributed by atoms with E-state index >= 15 is 0 Å². The van der Waals surface area contributed by atoms with Crippen LogP contribution in [0.2, 0.25) is 0 Å². The van der Waals surface area contributed by atoms with Gasteiger partial charge in [0.2, 0.25) is 0 Å². The molecular formula is C14H14N4S. The van der Waals surface area contributed by atoms with Crippen LogP contribution in [-0.4, -0.2) is 27.9 Å². The van der Waals surface area contributed by atoms with Gasteiger partial charge in [0.05, 0.1) is 16.4 Å². The number of aromatic nitrogens is 3. The number of fused-ring (bicyclic) bond motifs is 1. The Hall–Kier alpha value is -1.88. The van der Waals surface area contributed by atoms with Gasteiger partial charge in [-0.2, -0.15) is 5.10 Å². The second kappa shape index (κ2) is 4.06. The maximum atomic E-state index is 4.70. The molecule has 0 atom stereocenters. The molecule has 0 unspecified atom stereocenters. The van der Waals surface area contributed by atoms with E-state index in [0.29, 0.717) is 0 Å². The molecule has 1 fully saturated rings. The standard InChI is InChI=1S/C14H14N4S/c1-17-9-11(8-15-17)10-3-4-12-13(7-10)19-14(16-12)18-5-2-6-18/h3-4,7-9H,2,5-6H2,1H3. The van der Waals surface area contributed by atoms with Crippen LogP contribution in [0.1, 0.15) is 6.42 Å². The second-order valence-corrected chi connectivity index (χ2v) is 5.93. The van der Waals surface area contributed by atoms with Gasteiger partial charge in [-0.25, -0.2) is 4.98 Å². The number of thiazole rings is 1. The molecule has 96 valence electrons. The highest BCUT2D eigenvalue weighted by atomic mass is 32.1. The predicted molar refractivity (Wildman–Crippen MR) is 78.7 cm³/mol. The lowest BCUT2D eigenvalue weighted by Crippen LogP contribution is -2.36. The summed E-state index contributed by atoms with van der Waals surface area (Å²) in [5.74, 6) is 0. The van der Waals surface area contributed by atoms with E-state index in [1.54, 1.807) is 11.3 Å². The quantitative estimate of drug-likeness (QED) is 0.718. The van der Waals surface area contributed by atoms with Gasteiger partial charge in [-0.05, 0) is 24.1 Å². The van der Waals surface area contributed by atoms with Crippen LogP contribution in [-0.2, 0) is 7.05 Å². The van der Waals surface area contributed by atoms with Crippen LogP contribution in [0.4, 0.5) is 5.13 Å². The van der Waals surface area contributed by atoms with Crippen molar-refractivity contribution in [2.45, 2.75) is 6.42 Å². The van der Waals surface area contributed by atoms with Crippen LogP contribution in [0.15, 0.2) is 30.6 Å². The first-order valence-electron chi connectivity index (χ1n) is 6.44. The van der Waals surface area contributed by atoms with E-state index in [-0.39, 0.29) is 0 Å². The van der Waals surface area contributed by atoms with Crippen molar-refractivity contribution in [2.24, 2.45) is 7.05 Å². The second-order valence-electron chi connectivity index (χ2n) is 4.92. The van der Waals surface area contributed by atoms with Gasteiger partial charge < -0.3 is 4.90 Å². The van der Waals surface area contributed by atoms with Gasteiger partial charge in [0, 0.05) is 31.9 Å². The summed E-state index contributed by atoms with van der Waals surface area (Å²) in [5.41, 5.74) is 3.46. The smallest absolute Gasteiger partial charge is 0.186 e. The maximum Gasteiger partial charge on any atom is 0.186 e. The monoisotopic (exact) mass is 270 g/mol. The Balaban J connectivity index is 1.77. The van der Waals surface area contributed by atoms with Crippen molar-refractivity contribution >= 4 is 26.7 Å². The first kappa shape index (κ1) is 11.0. The van der Waals surface area contributed by atoms with Crippen molar-refractivity contribution in [1.82, 2.24) is 14.8 Å². The third kappa shape index (κ3) is 1.81. The van der Waals surface area contributed by atoms with Crippen molar-refractivity contribution in [1.29, 1.82) is 0 Å². The van der Waals surface area contributed by atoms with E-state index in [9.17, 15) is 0 Å². The zero-order chi connectivity index (χ0) is 12.8. The summed E-state index contributed by atoms with van der Waals surface area (Å²) < 4.78 is 3.08. The summed E-state index contributed by atoms with van der Waals surface area (Å²) in [6.45, 7) is 2.30. The molecule has 1 aromatic carbocycles. The number of hydrogen-bond acceptors (Lipinski definition) is 4. The molecule has 0 bridgehead atoms. The van der Waals surface area contributed by atoms with Gasteiger partial charge in [-0.3, -0.25) is 4.68 Å². The highest BCUT2D eigenvalue weighted by molar-refractivity contribution is 7.22. The summed E-state index contributed by atoms with van der Waals surface area (Å²) in [7, 11) is 1.94. The highest BCUT2D eigenvalue weighted by Gasteiger charge is 2.18. The van der Waals surface area contributed by atoms with Gasteiger partial charge >= 0.3 is 0 Å². The first-order chi connectivity index (χ1) is 9.29. The van der Waals surface area contributed by atoms with Gasteiger partial charge in [0.1, 0.15) is 0 Å². The molecule has 0 N–H and O–H groups in total.